The molecule has 3 saturated carbocycles. The van der Waals surface area contributed by atoms with Crippen molar-refractivity contribution in [3.05, 3.63) is 29.3 Å². The first-order valence-corrected chi connectivity index (χ1v) is 11.8. The average Bonchev–Trinajstić information content (AvgIpc) is 2.81. The summed E-state index contributed by atoms with van der Waals surface area (Å²) >= 11 is 0. The van der Waals surface area contributed by atoms with E-state index in [0.717, 1.165) is 25.5 Å². The summed E-state index contributed by atoms with van der Waals surface area (Å²) in [6.07, 6.45) is 0.260. The molecule has 5 rings (SSSR count). The summed E-state index contributed by atoms with van der Waals surface area (Å²) in [6, 6.07) is 3.49. The van der Waals surface area contributed by atoms with Gasteiger partial charge in [-0.3, -0.25) is 4.79 Å². The number of alkyl halides is 3. The molecule has 1 saturated heterocycles. The Morgan fingerprint density at radius 2 is 1.97 bits per heavy atom. The van der Waals surface area contributed by atoms with Crippen LogP contribution in [0, 0.1) is 29.1 Å². The van der Waals surface area contributed by atoms with Gasteiger partial charge in [0.2, 0.25) is 5.91 Å². The molecule has 5 nitrogen and oxygen atoms in total. The van der Waals surface area contributed by atoms with Crippen LogP contribution in [-0.4, -0.2) is 38.6 Å². The van der Waals surface area contributed by atoms with Crippen LogP contribution < -0.4 is 10.2 Å². The van der Waals surface area contributed by atoms with Gasteiger partial charge in [0.05, 0.1) is 24.2 Å². The fourth-order valence-corrected chi connectivity index (χ4v) is 6.28. The number of piperidine rings is 1. The lowest BCUT2D eigenvalue weighted by molar-refractivity contribution is -0.137. The van der Waals surface area contributed by atoms with Crippen LogP contribution in [0.25, 0.3) is 0 Å². The lowest BCUT2D eigenvalue weighted by Crippen LogP contribution is -2.55. The smallest absolute Gasteiger partial charge is 0.418 e. The van der Waals surface area contributed by atoms with E-state index in [1.165, 1.54) is 25.0 Å². The number of hydrogen-bond donors (Lipinski definition) is 1. The zero-order chi connectivity index (χ0) is 24.0. The molecule has 1 N–H and O–H groups in total. The number of halogens is 3. The van der Waals surface area contributed by atoms with E-state index < -0.39 is 17.7 Å². The molecule has 1 aliphatic heterocycles. The Hall–Kier alpha value is -2.25. The van der Waals surface area contributed by atoms with E-state index in [4.69, 9.17) is 0 Å². The minimum atomic E-state index is -4.62. The highest BCUT2D eigenvalue weighted by atomic mass is 19.4. The Balaban J connectivity index is 1.43. The van der Waals surface area contributed by atoms with Crippen LogP contribution in [0.1, 0.15) is 61.9 Å². The van der Waals surface area contributed by atoms with Crippen molar-refractivity contribution in [1.29, 1.82) is 0 Å². The van der Waals surface area contributed by atoms with E-state index in [1.54, 1.807) is 4.90 Å². The number of amides is 1. The summed E-state index contributed by atoms with van der Waals surface area (Å²) in [6.45, 7) is 5.96. The van der Waals surface area contributed by atoms with E-state index in [-0.39, 0.29) is 29.6 Å². The summed E-state index contributed by atoms with van der Waals surface area (Å²) < 4.78 is 45.9. The van der Waals surface area contributed by atoms with Gasteiger partial charge < -0.3 is 15.0 Å². The lowest BCUT2D eigenvalue weighted by atomic mass is 9.45. The van der Waals surface area contributed by atoms with Crippen molar-refractivity contribution >= 4 is 17.6 Å². The van der Waals surface area contributed by atoms with Gasteiger partial charge in [-0.15, -0.1) is 0 Å². The number of carbonyl (C=O) groups is 2. The van der Waals surface area contributed by atoms with Gasteiger partial charge in [-0.1, -0.05) is 13.8 Å². The van der Waals surface area contributed by atoms with E-state index in [0.29, 0.717) is 43.2 Å². The SMILES string of the molecule is COC(=O)c1ccc(N2CCC[C@@H](C(=O)NC[C@@H]3CC[C@H]4C[C@H]3C4(C)C)C2)c(C(F)(F)F)c1. The molecule has 0 aromatic heterocycles. The van der Waals surface area contributed by atoms with Gasteiger partial charge in [-0.05, 0) is 73.5 Å². The molecular formula is C25H33F3N2O3. The molecule has 1 aromatic rings. The summed E-state index contributed by atoms with van der Waals surface area (Å²) in [5.41, 5.74) is -0.675. The zero-order valence-corrected chi connectivity index (χ0v) is 19.5. The topological polar surface area (TPSA) is 58.6 Å². The number of nitrogens with zero attached hydrogens (tertiary/aromatic N) is 1. The maximum atomic E-state index is 13.8. The molecule has 8 heteroatoms. The number of fused-ring (bicyclic) bond motifs is 2. The Labute approximate surface area is 193 Å². The van der Waals surface area contributed by atoms with Gasteiger partial charge in [0.25, 0.3) is 0 Å². The third-order valence-electron chi connectivity index (χ3n) is 8.40. The minimum absolute atomic E-state index is 0.00203. The number of esters is 1. The maximum absolute atomic E-state index is 13.8. The summed E-state index contributed by atoms with van der Waals surface area (Å²) in [5, 5.41) is 3.11. The molecule has 1 amide bonds. The number of methoxy groups -OCH3 is 1. The van der Waals surface area contributed by atoms with Gasteiger partial charge in [-0.2, -0.15) is 13.2 Å². The minimum Gasteiger partial charge on any atom is -0.465 e. The van der Waals surface area contributed by atoms with Gasteiger partial charge >= 0.3 is 12.1 Å². The second-order valence-electron chi connectivity index (χ2n) is 10.4. The monoisotopic (exact) mass is 466 g/mol. The number of anilines is 1. The molecule has 182 valence electrons. The fourth-order valence-electron chi connectivity index (χ4n) is 6.28. The second-order valence-corrected chi connectivity index (χ2v) is 10.4. The quantitative estimate of drug-likeness (QED) is 0.628. The van der Waals surface area contributed by atoms with Crippen LogP contribution in [0.3, 0.4) is 0 Å². The Kier molecular flexibility index (Phi) is 6.40. The maximum Gasteiger partial charge on any atom is 0.418 e. The fraction of sp³-hybridized carbons (Fsp3) is 0.680. The normalized spacial score (nSPS) is 28.6. The van der Waals surface area contributed by atoms with Crippen LogP contribution >= 0.6 is 0 Å². The molecule has 3 aliphatic carbocycles. The number of hydrogen-bond acceptors (Lipinski definition) is 4. The van der Waals surface area contributed by atoms with Crippen molar-refractivity contribution in [1.82, 2.24) is 5.32 Å². The molecular weight excluding hydrogens is 433 g/mol. The van der Waals surface area contributed by atoms with Gasteiger partial charge in [0.15, 0.2) is 0 Å². The molecule has 1 aromatic carbocycles. The molecule has 0 spiro atoms. The van der Waals surface area contributed by atoms with Gasteiger partial charge in [0, 0.05) is 25.3 Å². The first-order valence-electron chi connectivity index (χ1n) is 11.8. The summed E-state index contributed by atoms with van der Waals surface area (Å²) in [4.78, 5) is 26.3. The number of rotatable bonds is 5. The third kappa shape index (κ3) is 4.58. The van der Waals surface area contributed by atoms with E-state index >= 15 is 0 Å². The Morgan fingerprint density at radius 1 is 1.21 bits per heavy atom. The first kappa shape index (κ1) is 23.9. The summed E-state index contributed by atoms with van der Waals surface area (Å²) in [7, 11) is 1.13. The highest BCUT2D eigenvalue weighted by molar-refractivity contribution is 5.90. The van der Waals surface area contributed by atoms with Crippen molar-refractivity contribution in [2.45, 2.75) is 52.1 Å². The van der Waals surface area contributed by atoms with Crippen molar-refractivity contribution in [3.63, 3.8) is 0 Å². The first-order chi connectivity index (χ1) is 15.5. The number of nitrogens with one attached hydrogen (secondary N) is 1. The van der Waals surface area contributed by atoms with Crippen LogP contribution in [-0.2, 0) is 15.7 Å². The van der Waals surface area contributed by atoms with E-state index in [1.807, 2.05) is 0 Å². The standard InChI is InChI=1S/C25H33F3N2O3/c1-24(2)18-8-6-16(19(24)12-18)13-29-22(31)17-5-4-10-30(14-17)21-9-7-15(23(32)33-3)11-20(21)25(26,27)28/h7,9,11,16-19H,4-6,8,10,12-14H2,1-3H3,(H,29,31)/t16-,17+,18-,19+/m0/s1. The molecule has 0 radical (unpaired) electrons. The van der Waals surface area contributed by atoms with Crippen molar-refractivity contribution in [3.8, 4) is 0 Å². The van der Waals surface area contributed by atoms with Crippen LogP contribution in [0.4, 0.5) is 18.9 Å². The van der Waals surface area contributed by atoms with Crippen LogP contribution in [0.5, 0.6) is 0 Å². The van der Waals surface area contributed by atoms with Crippen molar-refractivity contribution < 1.29 is 27.5 Å². The second kappa shape index (κ2) is 8.84. The Bertz CT molecular complexity index is 913. The average molecular weight is 467 g/mol. The number of benzene rings is 1. The molecule has 0 unspecified atom stereocenters. The Morgan fingerprint density at radius 3 is 2.61 bits per heavy atom. The van der Waals surface area contributed by atoms with E-state index in [9.17, 15) is 22.8 Å². The van der Waals surface area contributed by atoms with E-state index in [2.05, 4.69) is 23.9 Å². The third-order valence-corrected chi connectivity index (χ3v) is 8.40. The predicted octanol–water partition coefficient (Wildman–Crippen LogP) is 4.90. The molecule has 33 heavy (non-hydrogen) atoms. The van der Waals surface area contributed by atoms with Crippen molar-refractivity contribution in [2.75, 3.05) is 31.6 Å². The van der Waals surface area contributed by atoms with Crippen LogP contribution in [0.15, 0.2) is 18.2 Å². The highest BCUT2D eigenvalue weighted by Gasteiger charge is 2.54. The highest BCUT2D eigenvalue weighted by Crippen LogP contribution is 2.61. The number of ether oxygens (including phenoxy) is 1. The largest absolute Gasteiger partial charge is 0.465 e. The number of carbonyl (C=O) groups excluding carboxylic acids is 2. The lowest BCUT2D eigenvalue weighted by Gasteiger charge is -2.60. The van der Waals surface area contributed by atoms with Gasteiger partial charge in [0.1, 0.15) is 0 Å². The molecule has 2 bridgehead atoms. The summed E-state index contributed by atoms with van der Waals surface area (Å²) in [5.74, 6) is 0.685. The zero-order valence-electron chi connectivity index (χ0n) is 19.5. The van der Waals surface area contributed by atoms with Crippen LogP contribution in [0.2, 0.25) is 0 Å². The predicted molar refractivity (Wildman–Crippen MR) is 119 cm³/mol. The molecule has 4 aliphatic rings. The van der Waals surface area contributed by atoms with Crippen molar-refractivity contribution in [2.24, 2.45) is 29.1 Å². The van der Waals surface area contributed by atoms with Gasteiger partial charge in [-0.25, -0.2) is 4.79 Å². The molecule has 4 fully saturated rings. The molecule has 1 heterocycles. The molecule has 4 atom stereocenters.